The molecule has 0 bridgehead atoms. The van der Waals surface area contributed by atoms with Crippen molar-refractivity contribution in [2.75, 3.05) is 0 Å². The molecule has 1 N–H and O–H groups in total. The summed E-state index contributed by atoms with van der Waals surface area (Å²) in [4.78, 5) is 12.4. The number of hydrogen-bond acceptors (Lipinski definition) is 2. The first-order valence-electron chi connectivity index (χ1n) is 8.87. The first-order valence-corrected chi connectivity index (χ1v) is 9.25. The summed E-state index contributed by atoms with van der Waals surface area (Å²) in [6.45, 7) is 3.75. The van der Waals surface area contributed by atoms with Crippen LogP contribution in [-0.4, -0.2) is 12.0 Å². The maximum absolute atomic E-state index is 12.4. The van der Waals surface area contributed by atoms with Crippen molar-refractivity contribution in [3.63, 3.8) is 0 Å². The molecule has 25 heavy (non-hydrogen) atoms. The number of rotatable bonds is 5. The molecule has 1 aliphatic rings. The molecule has 0 fully saturated rings. The SMILES string of the molecule is CC(Oc1cccc(Cl)c1)C(=O)NC(C)c1ccc2c(c1)CCCC2. The van der Waals surface area contributed by atoms with Crippen molar-refractivity contribution in [3.05, 3.63) is 64.2 Å². The number of benzene rings is 2. The Morgan fingerprint density at radius 2 is 1.84 bits per heavy atom. The highest BCUT2D eigenvalue weighted by Crippen LogP contribution is 2.25. The van der Waals surface area contributed by atoms with Gasteiger partial charge in [0.2, 0.25) is 0 Å². The second-order valence-electron chi connectivity index (χ2n) is 6.68. The molecular formula is C21H24ClNO2. The predicted octanol–water partition coefficient (Wildman–Crippen LogP) is 4.86. The average Bonchev–Trinajstić information content (AvgIpc) is 2.61. The minimum absolute atomic E-state index is 0.0508. The Balaban J connectivity index is 1.61. The van der Waals surface area contributed by atoms with Crippen LogP contribution in [0.1, 0.15) is 49.4 Å². The van der Waals surface area contributed by atoms with Crippen LogP contribution in [0, 0.1) is 0 Å². The number of carbonyl (C=O) groups excluding carboxylic acids is 1. The Kier molecular flexibility index (Phi) is 5.64. The zero-order chi connectivity index (χ0) is 17.8. The number of carbonyl (C=O) groups is 1. The Hall–Kier alpha value is -2.00. The van der Waals surface area contributed by atoms with Crippen molar-refractivity contribution < 1.29 is 9.53 Å². The quantitative estimate of drug-likeness (QED) is 0.829. The summed E-state index contributed by atoms with van der Waals surface area (Å²) in [6, 6.07) is 13.6. The fourth-order valence-corrected chi connectivity index (χ4v) is 3.42. The van der Waals surface area contributed by atoms with Gasteiger partial charge in [-0.15, -0.1) is 0 Å². The highest BCUT2D eigenvalue weighted by Gasteiger charge is 2.19. The molecular weight excluding hydrogens is 334 g/mol. The van der Waals surface area contributed by atoms with Crippen LogP contribution in [-0.2, 0) is 17.6 Å². The molecule has 0 aliphatic heterocycles. The lowest BCUT2D eigenvalue weighted by atomic mass is 9.89. The molecule has 0 heterocycles. The van der Waals surface area contributed by atoms with Gasteiger partial charge in [-0.3, -0.25) is 4.79 Å². The fraction of sp³-hybridized carbons (Fsp3) is 0.381. The van der Waals surface area contributed by atoms with Crippen LogP contribution >= 0.6 is 11.6 Å². The first kappa shape index (κ1) is 17.8. The second kappa shape index (κ2) is 7.92. The summed E-state index contributed by atoms with van der Waals surface area (Å²) in [5.41, 5.74) is 4.02. The Morgan fingerprint density at radius 3 is 2.60 bits per heavy atom. The average molecular weight is 358 g/mol. The van der Waals surface area contributed by atoms with E-state index in [2.05, 4.69) is 23.5 Å². The van der Waals surface area contributed by atoms with E-state index in [-0.39, 0.29) is 11.9 Å². The van der Waals surface area contributed by atoms with E-state index < -0.39 is 6.10 Å². The van der Waals surface area contributed by atoms with Crippen molar-refractivity contribution in [2.45, 2.75) is 51.7 Å². The van der Waals surface area contributed by atoms with Crippen molar-refractivity contribution in [1.29, 1.82) is 0 Å². The van der Waals surface area contributed by atoms with E-state index in [0.29, 0.717) is 10.8 Å². The molecule has 2 aromatic carbocycles. The smallest absolute Gasteiger partial charge is 0.261 e. The highest BCUT2D eigenvalue weighted by molar-refractivity contribution is 6.30. The predicted molar refractivity (Wildman–Crippen MR) is 101 cm³/mol. The van der Waals surface area contributed by atoms with E-state index in [1.165, 1.54) is 30.4 Å². The van der Waals surface area contributed by atoms with Gasteiger partial charge in [-0.05, 0) is 74.4 Å². The highest BCUT2D eigenvalue weighted by atomic mass is 35.5. The van der Waals surface area contributed by atoms with Gasteiger partial charge in [0, 0.05) is 5.02 Å². The molecule has 2 atom stereocenters. The minimum atomic E-state index is -0.585. The third kappa shape index (κ3) is 4.55. The van der Waals surface area contributed by atoms with Gasteiger partial charge in [-0.2, -0.15) is 0 Å². The standard InChI is InChI=1S/C21H24ClNO2/c1-14(17-11-10-16-6-3-4-7-18(16)12-17)23-21(24)15(2)25-20-9-5-8-19(22)13-20/h5,8-15H,3-4,6-7H2,1-2H3,(H,23,24). The summed E-state index contributed by atoms with van der Waals surface area (Å²) < 4.78 is 5.69. The minimum Gasteiger partial charge on any atom is -0.481 e. The normalized spacial score (nSPS) is 15.8. The lowest BCUT2D eigenvalue weighted by Crippen LogP contribution is -2.37. The zero-order valence-electron chi connectivity index (χ0n) is 14.7. The van der Waals surface area contributed by atoms with Crippen molar-refractivity contribution in [3.8, 4) is 5.75 Å². The number of amides is 1. The van der Waals surface area contributed by atoms with E-state index >= 15 is 0 Å². The molecule has 0 saturated carbocycles. The van der Waals surface area contributed by atoms with Crippen LogP contribution in [0.4, 0.5) is 0 Å². The molecule has 1 aliphatic carbocycles. The van der Waals surface area contributed by atoms with E-state index in [4.69, 9.17) is 16.3 Å². The van der Waals surface area contributed by atoms with Gasteiger partial charge >= 0.3 is 0 Å². The summed E-state index contributed by atoms with van der Waals surface area (Å²) in [5.74, 6) is 0.460. The van der Waals surface area contributed by atoms with Gasteiger partial charge in [-0.25, -0.2) is 0 Å². The van der Waals surface area contributed by atoms with Crippen molar-refractivity contribution >= 4 is 17.5 Å². The second-order valence-corrected chi connectivity index (χ2v) is 7.12. The van der Waals surface area contributed by atoms with Gasteiger partial charge in [0.05, 0.1) is 6.04 Å². The summed E-state index contributed by atoms with van der Waals surface area (Å²) >= 11 is 5.95. The largest absolute Gasteiger partial charge is 0.481 e. The molecule has 132 valence electrons. The molecule has 0 radical (unpaired) electrons. The van der Waals surface area contributed by atoms with Crippen LogP contribution in [0.5, 0.6) is 5.75 Å². The van der Waals surface area contributed by atoms with Crippen LogP contribution in [0.25, 0.3) is 0 Å². The molecule has 3 rings (SSSR count). The summed E-state index contributed by atoms with van der Waals surface area (Å²) in [7, 11) is 0. The fourth-order valence-electron chi connectivity index (χ4n) is 3.23. The van der Waals surface area contributed by atoms with Crippen LogP contribution < -0.4 is 10.1 Å². The molecule has 2 unspecified atom stereocenters. The van der Waals surface area contributed by atoms with Crippen LogP contribution in [0.3, 0.4) is 0 Å². The number of fused-ring (bicyclic) bond motifs is 1. The van der Waals surface area contributed by atoms with Gasteiger partial charge < -0.3 is 10.1 Å². The summed E-state index contributed by atoms with van der Waals surface area (Å²) in [5, 5.41) is 3.63. The first-order chi connectivity index (χ1) is 12.0. The number of hydrogen-bond donors (Lipinski definition) is 1. The van der Waals surface area contributed by atoms with E-state index in [1.54, 1.807) is 31.2 Å². The summed E-state index contributed by atoms with van der Waals surface area (Å²) in [6.07, 6.45) is 4.25. The van der Waals surface area contributed by atoms with Gasteiger partial charge in [0.1, 0.15) is 5.75 Å². The molecule has 2 aromatic rings. The van der Waals surface area contributed by atoms with Crippen molar-refractivity contribution in [1.82, 2.24) is 5.32 Å². The van der Waals surface area contributed by atoms with Gasteiger partial charge in [-0.1, -0.05) is 35.9 Å². The third-order valence-corrected chi connectivity index (χ3v) is 4.94. The molecule has 0 saturated heterocycles. The maximum atomic E-state index is 12.4. The van der Waals surface area contributed by atoms with Crippen LogP contribution in [0.2, 0.25) is 5.02 Å². The van der Waals surface area contributed by atoms with Crippen molar-refractivity contribution in [2.24, 2.45) is 0 Å². The lowest BCUT2D eigenvalue weighted by Gasteiger charge is -2.21. The Labute approximate surface area is 154 Å². The van der Waals surface area contributed by atoms with Gasteiger partial charge in [0.25, 0.3) is 5.91 Å². The maximum Gasteiger partial charge on any atom is 0.261 e. The Bertz CT molecular complexity index is 759. The number of halogens is 1. The van der Waals surface area contributed by atoms with E-state index in [0.717, 1.165) is 12.0 Å². The van der Waals surface area contributed by atoms with Gasteiger partial charge in [0.15, 0.2) is 6.10 Å². The molecule has 3 nitrogen and oxygen atoms in total. The lowest BCUT2D eigenvalue weighted by molar-refractivity contribution is -0.127. The molecule has 1 amide bonds. The van der Waals surface area contributed by atoms with E-state index in [1.807, 2.05) is 6.92 Å². The number of aryl methyl sites for hydroxylation is 2. The zero-order valence-corrected chi connectivity index (χ0v) is 15.5. The van der Waals surface area contributed by atoms with E-state index in [9.17, 15) is 4.79 Å². The van der Waals surface area contributed by atoms with Crippen LogP contribution in [0.15, 0.2) is 42.5 Å². The molecule has 0 aromatic heterocycles. The number of nitrogens with one attached hydrogen (secondary N) is 1. The molecule has 4 heteroatoms. The number of ether oxygens (including phenoxy) is 1. The monoisotopic (exact) mass is 357 g/mol. The topological polar surface area (TPSA) is 38.3 Å². The Morgan fingerprint density at radius 1 is 1.08 bits per heavy atom. The third-order valence-electron chi connectivity index (χ3n) is 4.71. The molecule has 0 spiro atoms.